The van der Waals surface area contributed by atoms with Gasteiger partial charge in [0.1, 0.15) is 0 Å². The number of benzene rings is 2. The second kappa shape index (κ2) is 7.61. The highest BCUT2D eigenvalue weighted by molar-refractivity contribution is 9.10. The lowest BCUT2D eigenvalue weighted by Gasteiger charge is -2.32. The smallest absolute Gasteiger partial charge is 0.289 e. The molecule has 0 amide bonds. The molecule has 0 N–H and O–H groups in total. The fourth-order valence-electron chi connectivity index (χ4n) is 2.77. The van der Waals surface area contributed by atoms with Crippen molar-refractivity contribution >= 4 is 43.2 Å². The molecule has 0 radical (unpaired) electrons. The van der Waals surface area contributed by atoms with Crippen molar-refractivity contribution in [2.24, 2.45) is 0 Å². The molecule has 138 valence electrons. The highest BCUT2D eigenvalue weighted by atomic mass is 79.9. The molecule has 1 atom stereocenters. The Morgan fingerprint density at radius 3 is 2.69 bits per heavy atom. The van der Waals surface area contributed by atoms with Crippen LogP contribution in [-0.2, 0) is 14.8 Å². The van der Waals surface area contributed by atoms with Gasteiger partial charge in [0.2, 0.25) is 10.0 Å². The van der Waals surface area contributed by atoms with Crippen LogP contribution in [0.2, 0.25) is 5.02 Å². The zero-order chi connectivity index (χ0) is 18.9. The van der Waals surface area contributed by atoms with Gasteiger partial charge >= 0.3 is 0 Å². The fourth-order valence-corrected chi connectivity index (χ4v) is 5.24. The van der Waals surface area contributed by atoms with E-state index in [0.29, 0.717) is 5.02 Å². The quantitative estimate of drug-likeness (QED) is 0.511. The number of nitro benzene ring substituents is 1. The van der Waals surface area contributed by atoms with Crippen LogP contribution in [0.4, 0.5) is 5.69 Å². The van der Waals surface area contributed by atoms with Gasteiger partial charge in [0.05, 0.1) is 17.6 Å². The van der Waals surface area contributed by atoms with Crippen LogP contribution in [0.5, 0.6) is 0 Å². The molecule has 1 heterocycles. The summed E-state index contributed by atoms with van der Waals surface area (Å²) in [5, 5.41) is 11.7. The van der Waals surface area contributed by atoms with Gasteiger partial charge in [0.25, 0.3) is 5.69 Å². The normalized spacial score (nSPS) is 18.6. The monoisotopic (exact) mass is 460 g/mol. The van der Waals surface area contributed by atoms with Crippen LogP contribution < -0.4 is 0 Å². The molecule has 0 aliphatic carbocycles. The van der Waals surface area contributed by atoms with Crippen LogP contribution >= 0.6 is 27.5 Å². The summed E-state index contributed by atoms with van der Waals surface area (Å²) in [5.41, 5.74) is 0.285. The number of rotatable bonds is 4. The number of sulfonamides is 1. The summed E-state index contributed by atoms with van der Waals surface area (Å²) in [4.78, 5) is 10.2. The Labute approximate surface area is 163 Å². The van der Waals surface area contributed by atoms with Gasteiger partial charge in [-0.3, -0.25) is 10.1 Å². The van der Waals surface area contributed by atoms with E-state index in [2.05, 4.69) is 15.9 Å². The van der Waals surface area contributed by atoms with Crippen molar-refractivity contribution in [1.82, 2.24) is 4.31 Å². The molecule has 2 aromatic rings. The summed E-state index contributed by atoms with van der Waals surface area (Å²) in [6, 6.07) is 10.5. The maximum absolute atomic E-state index is 13.0. The first kappa shape index (κ1) is 19.2. The zero-order valence-electron chi connectivity index (χ0n) is 13.3. The van der Waals surface area contributed by atoms with Crippen LogP contribution in [0.3, 0.4) is 0 Å². The number of morpholine rings is 1. The summed E-state index contributed by atoms with van der Waals surface area (Å²) in [7, 11) is -4.03. The number of ether oxygens (including phenoxy) is 1. The molecule has 0 spiro atoms. The minimum atomic E-state index is -4.03. The van der Waals surface area contributed by atoms with Gasteiger partial charge in [-0.05, 0) is 29.8 Å². The van der Waals surface area contributed by atoms with Gasteiger partial charge in [-0.1, -0.05) is 39.7 Å². The van der Waals surface area contributed by atoms with Crippen molar-refractivity contribution in [2.45, 2.75) is 11.0 Å². The molecule has 3 rings (SSSR count). The Hall–Kier alpha value is -1.52. The van der Waals surface area contributed by atoms with E-state index in [1.54, 1.807) is 18.2 Å². The predicted octanol–water partition coefficient (Wildman–Crippen LogP) is 3.77. The molecule has 0 saturated carbocycles. The molecule has 7 nitrogen and oxygen atoms in total. The minimum Gasteiger partial charge on any atom is -0.371 e. The summed E-state index contributed by atoms with van der Waals surface area (Å²) >= 11 is 9.40. The second-order valence-electron chi connectivity index (χ2n) is 5.65. The minimum absolute atomic E-state index is 0.0428. The Kier molecular flexibility index (Phi) is 5.64. The first-order valence-corrected chi connectivity index (χ1v) is 10.2. The van der Waals surface area contributed by atoms with Crippen LogP contribution in [0.25, 0.3) is 0 Å². The number of para-hydroxylation sites is 1. The largest absolute Gasteiger partial charge is 0.371 e. The van der Waals surface area contributed by atoms with Crippen LogP contribution in [0.1, 0.15) is 11.7 Å². The van der Waals surface area contributed by atoms with Crippen molar-refractivity contribution in [3.8, 4) is 0 Å². The van der Waals surface area contributed by atoms with E-state index < -0.39 is 26.7 Å². The fraction of sp³-hybridized carbons (Fsp3) is 0.250. The van der Waals surface area contributed by atoms with Crippen LogP contribution in [0, 0.1) is 10.1 Å². The number of hydrogen-bond acceptors (Lipinski definition) is 5. The lowest BCUT2D eigenvalue weighted by Crippen LogP contribution is -2.42. The molecular formula is C16H14BrClN2O5S. The maximum atomic E-state index is 13.0. The van der Waals surface area contributed by atoms with E-state index in [4.69, 9.17) is 16.3 Å². The second-order valence-corrected chi connectivity index (χ2v) is 8.91. The lowest BCUT2D eigenvalue weighted by molar-refractivity contribution is -0.387. The average molecular weight is 462 g/mol. The molecule has 0 bridgehead atoms. The molecule has 0 unspecified atom stereocenters. The third kappa shape index (κ3) is 3.91. The van der Waals surface area contributed by atoms with E-state index in [1.807, 2.05) is 0 Å². The first-order valence-electron chi connectivity index (χ1n) is 7.60. The Bertz CT molecular complexity index is 933. The average Bonchev–Trinajstić information content (AvgIpc) is 2.61. The van der Waals surface area contributed by atoms with E-state index in [0.717, 1.165) is 10.0 Å². The Morgan fingerprint density at radius 2 is 2.00 bits per heavy atom. The molecule has 2 aromatic carbocycles. The molecule has 1 aliphatic rings. The number of nitrogens with zero attached hydrogens (tertiary/aromatic N) is 2. The Morgan fingerprint density at radius 1 is 1.27 bits per heavy atom. The van der Waals surface area contributed by atoms with Gasteiger partial charge in [0.15, 0.2) is 4.90 Å². The van der Waals surface area contributed by atoms with E-state index in [-0.39, 0.29) is 24.6 Å². The Balaban J connectivity index is 1.93. The van der Waals surface area contributed by atoms with Gasteiger partial charge in [-0.15, -0.1) is 0 Å². The molecule has 1 saturated heterocycles. The summed E-state index contributed by atoms with van der Waals surface area (Å²) < 4.78 is 33.6. The highest BCUT2D eigenvalue weighted by Gasteiger charge is 2.35. The van der Waals surface area contributed by atoms with Gasteiger partial charge < -0.3 is 4.74 Å². The molecule has 26 heavy (non-hydrogen) atoms. The van der Waals surface area contributed by atoms with Gasteiger partial charge in [-0.25, -0.2) is 8.42 Å². The molecule has 10 heteroatoms. The van der Waals surface area contributed by atoms with Crippen molar-refractivity contribution < 1.29 is 18.1 Å². The molecule has 0 aromatic heterocycles. The van der Waals surface area contributed by atoms with E-state index >= 15 is 0 Å². The standard InChI is InChI=1S/C16H14BrClN2O5S/c17-12-7-11(8-13(18)9-12)15-10-19(5-6-25-15)26(23,24)16-4-2-1-3-14(16)20(21)22/h1-4,7-9,15H,5-6,10H2/t15-/m1/s1. The highest BCUT2D eigenvalue weighted by Crippen LogP contribution is 2.32. The summed E-state index contributed by atoms with van der Waals surface area (Å²) in [6.07, 6.45) is -0.517. The van der Waals surface area contributed by atoms with Gasteiger partial charge in [0, 0.05) is 28.7 Å². The third-order valence-corrected chi connectivity index (χ3v) is 6.55. The van der Waals surface area contributed by atoms with E-state index in [1.165, 1.54) is 28.6 Å². The number of hydrogen-bond donors (Lipinski definition) is 0. The third-order valence-electron chi connectivity index (χ3n) is 3.97. The molecular weight excluding hydrogens is 448 g/mol. The first-order chi connectivity index (χ1) is 12.3. The van der Waals surface area contributed by atoms with Gasteiger partial charge in [-0.2, -0.15) is 4.31 Å². The summed E-state index contributed by atoms with van der Waals surface area (Å²) in [6.45, 7) is 0.336. The SMILES string of the molecule is O=[N+]([O-])c1ccccc1S(=O)(=O)N1CCO[C@@H](c2cc(Cl)cc(Br)c2)C1. The zero-order valence-corrected chi connectivity index (χ0v) is 16.5. The summed E-state index contributed by atoms with van der Waals surface area (Å²) in [5.74, 6) is 0. The van der Waals surface area contributed by atoms with Crippen molar-refractivity contribution in [3.05, 3.63) is 67.6 Å². The van der Waals surface area contributed by atoms with Crippen LogP contribution in [-0.4, -0.2) is 37.3 Å². The van der Waals surface area contributed by atoms with E-state index in [9.17, 15) is 18.5 Å². The van der Waals surface area contributed by atoms with Crippen molar-refractivity contribution in [2.75, 3.05) is 19.7 Å². The number of nitro groups is 1. The predicted molar refractivity (Wildman–Crippen MR) is 99.7 cm³/mol. The molecule has 1 aliphatic heterocycles. The lowest BCUT2D eigenvalue weighted by atomic mass is 10.1. The van der Waals surface area contributed by atoms with Crippen LogP contribution in [0.15, 0.2) is 51.8 Å². The van der Waals surface area contributed by atoms with Crippen molar-refractivity contribution in [3.63, 3.8) is 0 Å². The van der Waals surface area contributed by atoms with Crippen molar-refractivity contribution in [1.29, 1.82) is 0 Å². The topological polar surface area (TPSA) is 89.8 Å². The molecule has 1 fully saturated rings. The maximum Gasteiger partial charge on any atom is 0.289 e. The number of halogens is 2.